The number of halogens is 1. The predicted molar refractivity (Wildman–Crippen MR) is 74.6 cm³/mol. The fourth-order valence-electron chi connectivity index (χ4n) is 1.81. The Kier molecular flexibility index (Phi) is 3.80. The van der Waals surface area contributed by atoms with Crippen molar-refractivity contribution < 1.29 is 9.18 Å². The molecule has 1 amide bonds. The topological polar surface area (TPSA) is 55.1 Å². The Bertz CT molecular complexity index is 611. The predicted octanol–water partition coefficient (Wildman–Crippen LogP) is 3.22. The van der Waals surface area contributed by atoms with Gasteiger partial charge in [-0.05, 0) is 36.2 Å². The monoisotopic (exact) mass is 258 g/mol. The maximum absolute atomic E-state index is 13.6. The Balaban J connectivity index is 2.20. The SMILES string of the molecule is CCc1ccc(NC(=O)c2ccccc2N)cc1F. The van der Waals surface area contributed by atoms with Crippen molar-refractivity contribution in [2.75, 3.05) is 11.1 Å². The first-order chi connectivity index (χ1) is 9.11. The van der Waals surface area contributed by atoms with Crippen LogP contribution in [0.1, 0.15) is 22.8 Å². The van der Waals surface area contributed by atoms with Crippen molar-refractivity contribution in [3.05, 3.63) is 59.4 Å². The van der Waals surface area contributed by atoms with Crippen molar-refractivity contribution in [2.24, 2.45) is 0 Å². The van der Waals surface area contributed by atoms with Crippen LogP contribution in [0.2, 0.25) is 0 Å². The van der Waals surface area contributed by atoms with Crippen molar-refractivity contribution in [2.45, 2.75) is 13.3 Å². The first kappa shape index (κ1) is 13.1. The van der Waals surface area contributed by atoms with Gasteiger partial charge in [-0.1, -0.05) is 25.1 Å². The average molecular weight is 258 g/mol. The molecule has 0 aliphatic rings. The lowest BCUT2D eigenvalue weighted by atomic mass is 10.1. The number of para-hydroxylation sites is 1. The van der Waals surface area contributed by atoms with E-state index in [1.807, 2.05) is 6.92 Å². The van der Waals surface area contributed by atoms with Gasteiger partial charge in [-0.2, -0.15) is 0 Å². The molecule has 0 aromatic heterocycles. The van der Waals surface area contributed by atoms with Crippen LogP contribution in [0.5, 0.6) is 0 Å². The van der Waals surface area contributed by atoms with Crippen molar-refractivity contribution in [1.82, 2.24) is 0 Å². The summed E-state index contributed by atoms with van der Waals surface area (Å²) in [6, 6.07) is 11.4. The van der Waals surface area contributed by atoms with Crippen LogP contribution in [0.15, 0.2) is 42.5 Å². The van der Waals surface area contributed by atoms with Gasteiger partial charge in [0.05, 0.1) is 5.56 Å². The summed E-state index contributed by atoms with van der Waals surface area (Å²) in [7, 11) is 0. The number of amides is 1. The smallest absolute Gasteiger partial charge is 0.257 e. The number of anilines is 2. The average Bonchev–Trinajstić information content (AvgIpc) is 2.39. The lowest BCUT2D eigenvalue weighted by Gasteiger charge is -2.08. The molecule has 19 heavy (non-hydrogen) atoms. The summed E-state index contributed by atoms with van der Waals surface area (Å²) in [4.78, 5) is 12.0. The number of hydrogen-bond donors (Lipinski definition) is 2. The number of carbonyl (C=O) groups is 1. The van der Waals surface area contributed by atoms with Gasteiger partial charge in [0, 0.05) is 11.4 Å². The van der Waals surface area contributed by atoms with Crippen molar-refractivity contribution in [1.29, 1.82) is 0 Å². The van der Waals surface area contributed by atoms with Gasteiger partial charge in [-0.3, -0.25) is 4.79 Å². The lowest BCUT2D eigenvalue weighted by molar-refractivity contribution is 0.102. The van der Waals surface area contributed by atoms with Gasteiger partial charge < -0.3 is 11.1 Å². The van der Waals surface area contributed by atoms with E-state index in [1.54, 1.807) is 36.4 Å². The maximum Gasteiger partial charge on any atom is 0.257 e. The van der Waals surface area contributed by atoms with E-state index in [-0.39, 0.29) is 11.7 Å². The van der Waals surface area contributed by atoms with E-state index in [2.05, 4.69) is 5.32 Å². The van der Waals surface area contributed by atoms with Gasteiger partial charge >= 0.3 is 0 Å². The zero-order chi connectivity index (χ0) is 13.8. The normalized spacial score (nSPS) is 10.2. The molecule has 3 N–H and O–H groups in total. The Morgan fingerprint density at radius 2 is 2.00 bits per heavy atom. The summed E-state index contributed by atoms with van der Waals surface area (Å²) < 4.78 is 13.6. The molecule has 2 aromatic carbocycles. The highest BCUT2D eigenvalue weighted by Gasteiger charge is 2.10. The van der Waals surface area contributed by atoms with Crippen LogP contribution in [0.25, 0.3) is 0 Å². The summed E-state index contributed by atoms with van der Waals surface area (Å²) >= 11 is 0. The summed E-state index contributed by atoms with van der Waals surface area (Å²) in [5.41, 5.74) is 7.53. The molecule has 0 spiro atoms. The molecule has 3 nitrogen and oxygen atoms in total. The summed E-state index contributed by atoms with van der Waals surface area (Å²) in [6.07, 6.45) is 0.617. The second-order valence-corrected chi connectivity index (χ2v) is 4.20. The Hall–Kier alpha value is -2.36. The molecule has 0 atom stereocenters. The summed E-state index contributed by atoms with van der Waals surface area (Å²) in [5, 5.41) is 2.63. The molecule has 0 aliphatic carbocycles. The van der Waals surface area contributed by atoms with Crippen molar-refractivity contribution >= 4 is 17.3 Å². The van der Waals surface area contributed by atoms with Gasteiger partial charge in [0.15, 0.2) is 0 Å². The molecule has 0 aliphatic heterocycles. The molecular weight excluding hydrogens is 243 g/mol. The maximum atomic E-state index is 13.6. The van der Waals surface area contributed by atoms with Gasteiger partial charge in [-0.25, -0.2) is 4.39 Å². The van der Waals surface area contributed by atoms with E-state index < -0.39 is 0 Å². The minimum absolute atomic E-state index is 0.318. The molecule has 0 saturated heterocycles. The zero-order valence-corrected chi connectivity index (χ0v) is 10.6. The van der Waals surface area contributed by atoms with Crippen LogP contribution in [0.4, 0.5) is 15.8 Å². The minimum Gasteiger partial charge on any atom is -0.398 e. The largest absolute Gasteiger partial charge is 0.398 e. The number of hydrogen-bond acceptors (Lipinski definition) is 2. The number of nitrogens with one attached hydrogen (secondary N) is 1. The third-order valence-electron chi connectivity index (χ3n) is 2.90. The molecule has 0 bridgehead atoms. The fraction of sp³-hybridized carbons (Fsp3) is 0.133. The van der Waals surface area contributed by atoms with Crippen LogP contribution in [-0.2, 0) is 6.42 Å². The number of benzene rings is 2. The first-order valence-corrected chi connectivity index (χ1v) is 6.06. The van der Waals surface area contributed by atoms with Gasteiger partial charge in [0.25, 0.3) is 5.91 Å². The molecular formula is C15H15FN2O. The zero-order valence-electron chi connectivity index (χ0n) is 10.6. The number of aryl methyl sites for hydroxylation is 1. The van der Waals surface area contributed by atoms with Crippen molar-refractivity contribution in [3.63, 3.8) is 0 Å². The Morgan fingerprint density at radius 1 is 1.26 bits per heavy atom. The van der Waals surface area contributed by atoms with Gasteiger partial charge in [0.2, 0.25) is 0 Å². The number of carbonyl (C=O) groups excluding carboxylic acids is 1. The third-order valence-corrected chi connectivity index (χ3v) is 2.90. The van der Waals surface area contributed by atoms with Gasteiger partial charge in [0.1, 0.15) is 5.82 Å². The Morgan fingerprint density at radius 3 is 2.63 bits per heavy atom. The highest BCUT2D eigenvalue weighted by molar-refractivity contribution is 6.07. The van der Waals surface area contributed by atoms with E-state index in [0.29, 0.717) is 28.9 Å². The molecule has 98 valence electrons. The van der Waals surface area contributed by atoms with Crippen LogP contribution in [0, 0.1) is 5.82 Å². The molecule has 2 aromatic rings. The standard InChI is InChI=1S/C15H15FN2O/c1-2-10-7-8-11(9-13(10)16)18-15(19)12-5-3-4-6-14(12)17/h3-9H,2,17H2,1H3,(H,18,19). The second-order valence-electron chi connectivity index (χ2n) is 4.20. The molecule has 4 heteroatoms. The van der Waals surface area contributed by atoms with E-state index in [9.17, 15) is 9.18 Å². The van der Waals surface area contributed by atoms with E-state index >= 15 is 0 Å². The molecule has 0 heterocycles. The molecule has 0 fully saturated rings. The third kappa shape index (κ3) is 2.91. The van der Waals surface area contributed by atoms with Crippen molar-refractivity contribution in [3.8, 4) is 0 Å². The van der Waals surface area contributed by atoms with E-state index in [0.717, 1.165) is 0 Å². The summed E-state index contributed by atoms with van der Waals surface area (Å²) in [6.45, 7) is 1.88. The van der Waals surface area contributed by atoms with Crippen LogP contribution >= 0.6 is 0 Å². The Labute approximate surface area is 111 Å². The van der Waals surface area contributed by atoms with E-state index in [4.69, 9.17) is 5.73 Å². The highest BCUT2D eigenvalue weighted by atomic mass is 19.1. The fourth-order valence-corrected chi connectivity index (χ4v) is 1.81. The van der Waals surface area contributed by atoms with Crippen LogP contribution in [-0.4, -0.2) is 5.91 Å². The first-order valence-electron chi connectivity index (χ1n) is 6.06. The van der Waals surface area contributed by atoms with E-state index in [1.165, 1.54) is 6.07 Å². The number of nitrogens with two attached hydrogens (primary N) is 1. The molecule has 0 saturated carbocycles. The highest BCUT2D eigenvalue weighted by Crippen LogP contribution is 2.17. The summed E-state index contributed by atoms with van der Waals surface area (Å²) in [5.74, 6) is -0.664. The lowest BCUT2D eigenvalue weighted by Crippen LogP contribution is -2.14. The quantitative estimate of drug-likeness (QED) is 0.830. The molecule has 2 rings (SSSR count). The second kappa shape index (κ2) is 5.52. The number of rotatable bonds is 3. The van der Waals surface area contributed by atoms with Gasteiger partial charge in [-0.15, -0.1) is 0 Å². The minimum atomic E-state index is -0.346. The van der Waals surface area contributed by atoms with Crippen LogP contribution in [0.3, 0.4) is 0 Å². The number of nitrogen functional groups attached to an aromatic ring is 1. The molecule has 0 unspecified atom stereocenters. The van der Waals surface area contributed by atoms with Crippen LogP contribution < -0.4 is 11.1 Å². The molecule has 0 radical (unpaired) electrons.